The van der Waals surface area contributed by atoms with Gasteiger partial charge in [-0.15, -0.1) is 0 Å². The molecule has 0 unspecified atom stereocenters. The van der Waals surface area contributed by atoms with Crippen LogP contribution in [0.4, 0.5) is 14.5 Å². The predicted octanol–water partition coefficient (Wildman–Crippen LogP) is 2.42. The first kappa shape index (κ1) is 16.2. The number of hydrogen-bond donors (Lipinski definition) is 1. The second kappa shape index (κ2) is 5.88. The minimum absolute atomic E-state index is 0.193. The van der Waals surface area contributed by atoms with Gasteiger partial charge in [-0.05, 0) is 25.0 Å². The van der Waals surface area contributed by atoms with E-state index in [1.54, 1.807) is 18.0 Å². The van der Waals surface area contributed by atoms with Crippen LogP contribution in [0.1, 0.15) is 25.7 Å². The Hall–Kier alpha value is -1.21. The van der Waals surface area contributed by atoms with Crippen molar-refractivity contribution >= 4 is 15.5 Å². The molecule has 0 aliphatic heterocycles. The average molecular weight is 319 g/mol. The summed E-state index contributed by atoms with van der Waals surface area (Å²) in [5.74, 6) is -3.46. The second-order valence-corrected chi connectivity index (χ2v) is 7.45. The Bertz CT molecular complexity index is 598. The maximum absolute atomic E-state index is 12.8. The van der Waals surface area contributed by atoms with Crippen LogP contribution < -0.4 is 4.90 Å². The number of alkyl halides is 2. The van der Waals surface area contributed by atoms with E-state index in [1.165, 1.54) is 18.2 Å². The molecule has 4 nitrogen and oxygen atoms in total. The van der Waals surface area contributed by atoms with Gasteiger partial charge >= 0.3 is 5.76 Å². The quantitative estimate of drug-likeness (QED) is 0.905. The molecule has 0 bridgehead atoms. The van der Waals surface area contributed by atoms with Gasteiger partial charge in [0.15, 0.2) is 0 Å². The molecular formula is C14H19F2NO3S. The number of para-hydroxylation sites is 1. The summed E-state index contributed by atoms with van der Waals surface area (Å²) in [6.07, 6.45) is 3.12. The summed E-state index contributed by atoms with van der Waals surface area (Å²) < 4.78 is 49.0. The number of rotatable bonds is 5. The highest BCUT2D eigenvalue weighted by atomic mass is 32.2. The maximum Gasteiger partial charge on any atom is 0.341 e. The molecule has 0 saturated heterocycles. The van der Waals surface area contributed by atoms with Gasteiger partial charge in [0.25, 0.3) is 0 Å². The summed E-state index contributed by atoms with van der Waals surface area (Å²) in [6, 6.07) is 5.66. The molecule has 0 aromatic heterocycles. The first-order chi connectivity index (χ1) is 9.76. The number of nitrogens with zero attached hydrogens (tertiary/aromatic N) is 1. The number of likely N-dealkylation sites (N-methyl/N-ethyl adjacent to an activating group) is 1. The van der Waals surface area contributed by atoms with E-state index >= 15 is 0 Å². The van der Waals surface area contributed by atoms with Crippen molar-refractivity contribution in [1.82, 2.24) is 0 Å². The zero-order valence-electron chi connectivity index (χ0n) is 11.8. The van der Waals surface area contributed by atoms with Crippen molar-refractivity contribution in [2.75, 3.05) is 18.5 Å². The number of anilines is 1. The number of sulfone groups is 1. The van der Waals surface area contributed by atoms with Gasteiger partial charge in [0.2, 0.25) is 9.84 Å². The smallest absolute Gasteiger partial charge is 0.341 e. The average Bonchev–Trinajstić information content (AvgIpc) is 2.85. The second-order valence-electron chi connectivity index (χ2n) is 5.56. The Balaban J connectivity index is 2.32. The summed E-state index contributed by atoms with van der Waals surface area (Å²) in [5.41, 5.74) is -0.686. The molecule has 21 heavy (non-hydrogen) atoms. The number of aliphatic hydroxyl groups is 1. The summed E-state index contributed by atoms with van der Waals surface area (Å²) in [4.78, 5) is 1.14. The van der Waals surface area contributed by atoms with Crippen LogP contribution in [0.15, 0.2) is 29.2 Å². The van der Waals surface area contributed by atoms with E-state index in [-0.39, 0.29) is 12.2 Å². The Morgan fingerprint density at radius 1 is 1.29 bits per heavy atom. The molecule has 1 aliphatic rings. The zero-order valence-corrected chi connectivity index (χ0v) is 12.6. The third-order valence-electron chi connectivity index (χ3n) is 3.88. The molecule has 1 aromatic rings. The van der Waals surface area contributed by atoms with Crippen molar-refractivity contribution in [1.29, 1.82) is 0 Å². The van der Waals surface area contributed by atoms with Gasteiger partial charge in [0.1, 0.15) is 0 Å². The van der Waals surface area contributed by atoms with E-state index < -0.39 is 26.1 Å². The SMILES string of the molecule is CN(CC1(O)CCCC1)c1ccccc1S(=O)(=O)C(F)F. The fourth-order valence-corrected chi connectivity index (χ4v) is 3.80. The van der Waals surface area contributed by atoms with Crippen molar-refractivity contribution in [2.45, 2.75) is 41.9 Å². The van der Waals surface area contributed by atoms with Crippen LogP contribution in [0, 0.1) is 0 Å². The molecule has 0 spiro atoms. The summed E-state index contributed by atoms with van der Waals surface area (Å²) in [6.45, 7) is 0.225. The molecule has 1 aliphatic carbocycles. The highest BCUT2D eigenvalue weighted by Gasteiger charge is 2.35. The molecular weight excluding hydrogens is 300 g/mol. The van der Waals surface area contributed by atoms with Crippen LogP contribution in [0.5, 0.6) is 0 Å². The van der Waals surface area contributed by atoms with Gasteiger partial charge < -0.3 is 10.0 Å². The van der Waals surface area contributed by atoms with Crippen molar-refractivity contribution in [3.05, 3.63) is 24.3 Å². The van der Waals surface area contributed by atoms with Gasteiger partial charge in [-0.25, -0.2) is 8.42 Å². The molecule has 1 aromatic carbocycles. The molecule has 0 heterocycles. The lowest BCUT2D eigenvalue weighted by Crippen LogP contribution is -2.39. The summed E-state index contributed by atoms with van der Waals surface area (Å²) in [7, 11) is -3.06. The lowest BCUT2D eigenvalue weighted by molar-refractivity contribution is 0.0558. The monoisotopic (exact) mass is 319 g/mol. The molecule has 0 radical (unpaired) electrons. The number of halogens is 2. The van der Waals surface area contributed by atoms with E-state index in [0.717, 1.165) is 12.8 Å². The molecule has 1 N–H and O–H groups in total. The first-order valence-electron chi connectivity index (χ1n) is 6.81. The van der Waals surface area contributed by atoms with Crippen LogP contribution in [0.25, 0.3) is 0 Å². The normalized spacial score (nSPS) is 18.1. The Morgan fingerprint density at radius 2 is 1.86 bits per heavy atom. The minimum Gasteiger partial charge on any atom is -0.388 e. The van der Waals surface area contributed by atoms with E-state index in [9.17, 15) is 22.3 Å². The lowest BCUT2D eigenvalue weighted by Gasteiger charge is -2.31. The maximum atomic E-state index is 12.8. The third kappa shape index (κ3) is 3.35. The zero-order chi connectivity index (χ0) is 15.7. The molecule has 7 heteroatoms. The highest BCUT2D eigenvalue weighted by Crippen LogP contribution is 2.33. The topological polar surface area (TPSA) is 57.6 Å². The Labute approximate surface area is 123 Å². The van der Waals surface area contributed by atoms with Gasteiger partial charge in [-0.3, -0.25) is 0 Å². The fourth-order valence-electron chi connectivity index (χ4n) is 2.83. The third-order valence-corrected chi connectivity index (χ3v) is 5.31. The van der Waals surface area contributed by atoms with E-state index in [2.05, 4.69) is 0 Å². The number of hydrogen-bond acceptors (Lipinski definition) is 4. The fraction of sp³-hybridized carbons (Fsp3) is 0.571. The Morgan fingerprint density at radius 3 is 2.43 bits per heavy atom. The molecule has 0 amide bonds. The molecule has 1 saturated carbocycles. The highest BCUT2D eigenvalue weighted by molar-refractivity contribution is 7.91. The van der Waals surface area contributed by atoms with Gasteiger partial charge in [-0.1, -0.05) is 25.0 Å². The minimum atomic E-state index is -4.66. The summed E-state index contributed by atoms with van der Waals surface area (Å²) in [5, 5.41) is 10.4. The van der Waals surface area contributed by atoms with Gasteiger partial charge in [0, 0.05) is 13.6 Å². The predicted molar refractivity (Wildman–Crippen MR) is 76.3 cm³/mol. The van der Waals surface area contributed by atoms with E-state index in [0.29, 0.717) is 12.8 Å². The standard InChI is InChI=1S/C14H19F2NO3S/c1-17(10-14(18)8-4-5-9-14)11-6-2-3-7-12(11)21(19,20)13(15)16/h2-3,6-7,13,18H,4-5,8-10H2,1H3. The van der Waals surface area contributed by atoms with Crippen LogP contribution in [-0.2, 0) is 9.84 Å². The van der Waals surface area contributed by atoms with E-state index in [1.807, 2.05) is 0 Å². The Kier molecular flexibility index (Phi) is 4.53. The van der Waals surface area contributed by atoms with Crippen LogP contribution in [-0.4, -0.2) is 38.5 Å². The van der Waals surface area contributed by atoms with Crippen molar-refractivity contribution in [2.24, 2.45) is 0 Å². The number of benzene rings is 1. The van der Waals surface area contributed by atoms with E-state index in [4.69, 9.17) is 0 Å². The first-order valence-corrected chi connectivity index (χ1v) is 8.35. The van der Waals surface area contributed by atoms with Crippen LogP contribution >= 0.6 is 0 Å². The lowest BCUT2D eigenvalue weighted by atomic mass is 10.0. The van der Waals surface area contributed by atoms with Crippen LogP contribution in [0.2, 0.25) is 0 Å². The molecule has 2 rings (SSSR count). The summed E-state index contributed by atoms with van der Waals surface area (Å²) >= 11 is 0. The molecule has 1 fully saturated rings. The molecule has 0 atom stereocenters. The van der Waals surface area contributed by atoms with Crippen molar-refractivity contribution in [3.63, 3.8) is 0 Å². The van der Waals surface area contributed by atoms with Gasteiger partial charge in [0.05, 0.1) is 16.2 Å². The van der Waals surface area contributed by atoms with Gasteiger partial charge in [-0.2, -0.15) is 8.78 Å². The van der Waals surface area contributed by atoms with Crippen molar-refractivity contribution in [3.8, 4) is 0 Å². The largest absolute Gasteiger partial charge is 0.388 e. The van der Waals surface area contributed by atoms with Crippen molar-refractivity contribution < 1.29 is 22.3 Å². The van der Waals surface area contributed by atoms with Crippen LogP contribution in [0.3, 0.4) is 0 Å². The molecule has 118 valence electrons.